The molecular weight excluding hydrogens is 863 g/mol. The number of cyclic esters (lactones) is 1. The Labute approximate surface area is 387 Å². The molecule has 0 aromatic rings. The molecule has 3 heterocycles. The summed E-state index contributed by atoms with van der Waals surface area (Å²) < 4.78 is 29.3. The highest BCUT2D eigenvalue weighted by molar-refractivity contribution is 5.71. The van der Waals surface area contributed by atoms with Gasteiger partial charge in [-0.1, -0.05) is 98.9 Å². The summed E-state index contributed by atoms with van der Waals surface area (Å²) in [5.74, 6) is -6.12. The number of aliphatic hydroxyl groups excluding tert-OH is 9. The molecule has 66 heavy (non-hydrogen) atoms. The van der Waals surface area contributed by atoms with E-state index in [1.807, 2.05) is 37.3 Å². The Kier molecular flexibility index (Phi) is 24.3. The molecule has 0 aliphatic carbocycles. The minimum atomic E-state index is -1.78. The Hall–Kier alpha value is -3.44. The van der Waals surface area contributed by atoms with Gasteiger partial charge in [0.1, 0.15) is 18.1 Å². The first kappa shape index (κ1) is 56.9. The van der Waals surface area contributed by atoms with Gasteiger partial charge in [-0.3, -0.25) is 9.59 Å². The van der Waals surface area contributed by atoms with Crippen molar-refractivity contribution in [3.05, 3.63) is 85.1 Å². The molecule has 0 spiro atoms. The Morgan fingerprint density at radius 1 is 0.667 bits per heavy atom. The number of nitrogens with two attached hydrogens (primary N) is 1. The Bertz CT molecular complexity index is 1680. The van der Waals surface area contributed by atoms with E-state index >= 15 is 0 Å². The lowest BCUT2D eigenvalue weighted by Gasteiger charge is -2.47. The highest BCUT2D eigenvalue weighted by Crippen LogP contribution is 2.40. The predicted molar refractivity (Wildman–Crippen MR) is 242 cm³/mol. The van der Waals surface area contributed by atoms with Crippen LogP contribution in [0.3, 0.4) is 0 Å². The van der Waals surface area contributed by atoms with Crippen molar-refractivity contribution in [2.75, 3.05) is 7.11 Å². The van der Waals surface area contributed by atoms with Crippen molar-refractivity contribution < 1.29 is 84.3 Å². The molecule has 0 radical (unpaired) electrons. The van der Waals surface area contributed by atoms with Crippen molar-refractivity contribution in [2.24, 2.45) is 23.5 Å². The minimum absolute atomic E-state index is 0.0813. The molecule has 18 heteroatoms. The predicted octanol–water partition coefficient (Wildman–Crippen LogP) is 1.37. The van der Waals surface area contributed by atoms with Gasteiger partial charge in [-0.2, -0.15) is 0 Å². The van der Waals surface area contributed by atoms with Gasteiger partial charge >= 0.3 is 11.9 Å². The van der Waals surface area contributed by atoms with Crippen molar-refractivity contribution in [2.45, 2.75) is 177 Å². The second kappa shape index (κ2) is 28.1. The number of methoxy groups -OCH3 is 1. The van der Waals surface area contributed by atoms with E-state index in [-0.39, 0.29) is 38.0 Å². The Morgan fingerprint density at radius 3 is 1.82 bits per heavy atom. The quantitative estimate of drug-likeness (QED) is 0.177. The molecule has 3 aliphatic heterocycles. The number of allylic oxidation sites excluding steroid dienone is 12. The molecule has 2 bridgehead atoms. The van der Waals surface area contributed by atoms with E-state index in [2.05, 4.69) is 0 Å². The van der Waals surface area contributed by atoms with Gasteiger partial charge in [0.15, 0.2) is 12.1 Å². The van der Waals surface area contributed by atoms with Crippen molar-refractivity contribution in [1.29, 1.82) is 0 Å². The number of esters is 1. The molecule has 0 amide bonds. The van der Waals surface area contributed by atoms with Crippen molar-refractivity contribution in [3.8, 4) is 0 Å². The number of aliphatic carboxylic acids is 1. The summed E-state index contributed by atoms with van der Waals surface area (Å²) in [6.07, 6.45) is 5.15. The Balaban J connectivity index is 1.89. The third kappa shape index (κ3) is 18.2. The fourth-order valence-corrected chi connectivity index (χ4v) is 8.16. The number of carbonyl (C=O) groups is 2. The maximum Gasteiger partial charge on any atom is 0.311 e. The summed E-state index contributed by atoms with van der Waals surface area (Å²) in [6, 6.07) is -1.13. The standard InChI is InChI=1S/C48H75NO17/c1-28-18-16-14-12-10-8-6-7-9-11-13-15-17-19-35(65-47-45(59)42(49)44(58)31(4)64-47)25-39-41(46(60)61)38(55)27-48(62-5,66-39)26-34(52)23-37(54)36(53)21-20-32(50)22-33(51)24-40(56)63-30(3)29(2)43(28)57/h6-19,28-39,41-45,47,50-55,57-59H,20-27,49H2,1-5H3,(H,60,61)/b7-6+,10-8+,11-9+,14-12+,15-13+,18-16+,19-17+/t28-,29-,30-,31+,32+,33+,34?,35-,36+,37?,38-,39-,41+,42-,43+,44+,45?,47?,48+/m0/s1. The van der Waals surface area contributed by atoms with Gasteiger partial charge in [-0.15, -0.1) is 0 Å². The van der Waals surface area contributed by atoms with Crippen LogP contribution in [0.2, 0.25) is 0 Å². The molecule has 2 saturated heterocycles. The topological polar surface area (TPSA) is 309 Å². The summed E-state index contributed by atoms with van der Waals surface area (Å²) >= 11 is 0. The number of fused-ring (bicyclic) bond motifs is 2. The maximum atomic E-state index is 12.6. The zero-order valence-corrected chi connectivity index (χ0v) is 38.5. The molecule has 0 aromatic heterocycles. The van der Waals surface area contributed by atoms with Crippen LogP contribution < -0.4 is 5.73 Å². The highest BCUT2D eigenvalue weighted by atomic mass is 16.7. The molecule has 2 fully saturated rings. The van der Waals surface area contributed by atoms with E-state index in [0.717, 1.165) is 0 Å². The number of rotatable bonds is 4. The molecule has 3 rings (SSSR count). The van der Waals surface area contributed by atoms with Crippen LogP contribution in [-0.4, -0.2) is 168 Å². The fourth-order valence-electron chi connectivity index (χ4n) is 8.16. The molecule has 0 saturated carbocycles. The number of carbonyl (C=O) groups excluding carboxylic acids is 1. The van der Waals surface area contributed by atoms with E-state index in [1.54, 1.807) is 75.5 Å². The van der Waals surface area contributed by atoms with Crippen LogP contribution in [-0.2, 0) is 33.3 Å². The van der Waals surface area contributed by atoms with Crippen molar-refractivity contribution in [3.63, 3.8) is 0 Å². The van der Waals surface area contributed by atoms with Crippen LogP contribution in [0.4, 0.5) is 0 Å². The van der Waals surface area contributed by atoms with E-state index in [9.17, 15) is 60.7 Å². The first-order chi connectivity index (χ1) is 31.2. The number of hydrogen-bond donors (Lipinski definition) is 11. The average molecular weight is 938 g/mol. The maximum absolute atomic E-state index is 12.6. The van der Waals surface area contributed by atoms with Crippen LogP contribution in [0.5, 0.6) is 0 Å². The van der Waals surface area contributed by atoms with Crippen LogP contribution >= 0.6 is 0 Å². The van der Waals surface area contributed by atoms with Gasteiger partial charge in [0, 0.05) is 44.6 Å². The minimum Gasteiger partial charge on any atom is -0.481 e. The zero-order valence-electron chi connectivity index (χ0n) is 38.5. The van der Waals surface area contributed by atoms with E-state index < -0.39 is 141 Å². The van der Waals surface area contributed by atoms with Gasteiger partial charge in [0.05, 0.1) is 79.6 Å². The largest absolute Gasteiger partial charge is 0.481 e. The van der Waals surface area contributed by atoms with Gasteiger partial charge in [-0.05, 0) is 33.1 Å². The van der Waals surface area contributed by atoms with Crippen molar-refractivity contribution >= 4 is 11.9 Å². The third-order valence-electron chi connectivity index (χ3n) is 12.4. The van der Waals surface area contributed by atoms with Gasteiger partial charge in [-0.25, -0.2) is 0 Å². The number of carboxylic acids is 1. The summed E-state index contributed by atoms with van der Waals surface area (Å²) in [4.78, 5) is 25.2. The van der Waals surface area contributed by atoms with Crippen molar-refractivity contribution in [1.82, 2.24) is 0 Å². The number of hydrogen-bond acceptors (Lipinski definition) is 17. The first-order valence-electron chi connectivity index (χ1n) is 22.7. The number of ether oxygens (including phenoxy) is 5. The molecule has 18 nitrogen and oxygen atoms in total. The monoisotopic (exact) mass is 938 g/mol. The Morgan fingerprint density at radius 2 is 1.24 bits per heavy atom. The summed E-state index contributed by atoms with van der Waals surface area (Å²) in [5.41, 5.74) is 6.05. The molecule has 4 unspecified atom stereocenters. The van der Waals surface area contributed by atoms with Crippen LogP contribution in [0, 0.1) is 17.8 Å². The summed E-state index contributed by atoms with van der Waals surface area (Å²) in [5, 5.41) is 108. The smallest absolute Gasteiger partial charge is 0.311 e. The van der Waals surface area contributed by atoms with Gasteiger partial charge in [0.25, 0.3) is 0 Å². The molecule has 19 atom stereocenters. The van der Waals surface area contributed by atoms with Gasteiger partial charge < -0.3 is 80.5 Å². The molecular formula is C48H75NO17. The van der Waals surface area contributed by atoms with Gasteiger partial charge in [0.2, 0.25) is 0 Å². The normalized spacial score (nSPS) is 45.0. The van der Waals surface area contributed by atoms with E-state index in [0.29, 0.717) is 0 Å². The van der Waals surface area contributed by atoms with Crippen LogP contribution in [0.15, 0.2) is 85.1 Å². The zero-order chi connectivity index (χ0) is 49.1. The SMILES string of the molecule is CO[C@]12CC(O)CC(O)[C@H](O)CC[C@@H](O)C[C@@H](O)CC(=O)O[C@@H](C)[C@H](C)[C@H](O)[C@@H](C)/C=C/C=C/C=C/C=C/C=C/C=C/C=C/[C@H](OC3O[C@H](C)[C@@H](O)[C@H](N)C3O)C[C@H](O1)[C@H](C(=O)O)[C@@H](O)C2. The lowest BCUT2D eigenvalue weighted by molar-refractivity contribution is -0.317. The second-order valence-electron chi connectivity index (χ2n) is 17.7. The third-order valence-corrected chi connectivity index (χ3v) is 12.4. The second-order valence-corrected chi connectivity index (χ2v) is 17.7. The summed E-state index contributed by atoms with van der Waals surface area (Å²) in [6.45, 7) is 6.79. The fraction of sp³-hybridized carbons (Fsp3) is 0.667. The molecule has 3 aliphatic rings. The number of carboxylic acid groups (broad SMARTS) is 1. The molecule has 0 aromatic carbocycles. The van der Waals surface area contributed by atoms with E-state index in [4.69, 9.17) is 29.4 Å². The highest BCUT2D eigenvalue weighted by Gasteiger charge is 2.52. The van der Waals surface area contributed by atoms with Crippen LogP contribution in [0.1, 0.15) is 79.1 Å². The molecule has 374 valence electrons. The average Bonchev–Trinajstić information content (AvgIpc) is 3.24. The first-order valence-corrected chi connectivity index (χ1v) is 22.7. The van der Waals surface area contributed by atoms with E-state index in [1.165, 1.54) is 7.11 Å². The lowest BCUT2D eigenvalue weighted by atomic mass is 9.82. The lowest BCUT2D eigenvalue weighted by Crippen LogP contribution is -2.61. The number of aliphatic hydroxyl groups is 9. The van der Waals surface area contributed by atoms with Crippen LogP contribution in [0.25, 0.3) is 0 Å². The summed E-state index contributed by atoms with van der Waals surface area (Å²) in [7, 11) is 1.25. The molecule has 12 N–H and O–H groups in total.